The molecule has 4 nitrogen and oxygen atoms in total. The zero-order valence-corrected chi connectivity index (χ0v) is 42.4. The molecule has 0 N–H and O–H groups in total. The van der Waals surface area contributed by atoms with Gasteiger partial charge in [-0.25, -0.2) is 0 Å². The van der Waals surface area contributed by atoms with Gasteiger partial charge in [0.15, 0.2) is 0 Å². The largest absolute Gasteiger partial charge is 0.439 e. The van der Waals surface area contributed by atoms with E-state index in [0.717, 1.165) is 23.1 Å². The number of anilines is 5. The fourth-order valence-electron chi connectivity index (χ4n) is 13.4. The quantitative estimate of drug-likeness (QED) is 0.165. The molecule has 1 fully saturated rings. The molecule has 69 heavy (non-hydrogen) atoms. The lowest BCUT2D eigenvalue weighted by Gasteiger charge is -2.51. The molecule has 5 heteroatoms. The number of aromatic nitrogens is 1. The van der Waals surface area contributed by atoms with Crippen LogP contribution in [0, 0.1) is 0 Å². The Labute approximate surface area is 409 Å². The van der Waals surface area contributed by atoms with E-state index in [0.29, 0.717) is 0 Å². The van der Waals surface area contributed by atoms with Crippen molar-refractivity contribution in [2.75, 3.05) is 9.80 Å². The standard InChI is InChI=1S/C64H64BN3O/c1-60(2,3)40-27-30-50(46(34-40)39-20-13-12-14-21-39)66-52-36-42(62(7,8)9)26-29-48(52)65-49-24-19-23-45-56-44-22-15-16-25-55(44)69-59(56)67(58(45)49)54-38-43(37-53(66)57(54)65)68-51-31-28-41(61(4,5)6)35-47(51)63(10)32-17-18-33-64(63,68)11/h12-16,19-31,34-38H,17-18,32-33H2,1-11H3. The molecule has 2 aromatic heterocycles. The zero-order valence-electron chi connectivity index (χ0n) is 42.4. The summed E-state index contributed by atoms with van der Waals surface area (Å²) < 4.78 is 9.63. The lowest BCUT2D eigenvalue weighted by atomic mass is 9.33. The first kappa shape index (κ1) is 42.6. The molecule has 13 rings (SSSR count). The second-order valence-corrected chi connectivity index (χ2v) is 24.5. The van der Waals surface area contributed by atoms with E-state index in [9.17, 15) is 0 Å². The molecule has 0 saturated heterocycles. The van der Waals surface area contributed by atoms with Crippen molar-refractivity contribution in [2.45, 2.75) is 129 Å². The minimum absolute atomic E-state index is 0.00412. The van der Waals surface area contributed by atoms with Crippen molar-refractivity contribution in [1.82, 2.24) is 4.57 Å². The molecule has 5 heterocycles. The third-order valence-electron chi connectivity index (χ3n) is 17.4. The molecule has 2 atom stereocenters. The van der Waals surface area contributed by atoms with Crippen LogP contribution in [0.1, 0.15) is 124 Å². The van der Waals surface area contributed by atoms with Gasteiger partial charge < -0.3 is 14.2 Å². The van der Waals surface area contributed by atoms with Crippen molar-refractivity contribution in [1.29, 1.82) is 0 Å². The zero-order chi connectivity index (χ0) is 47.7. The van der Waals surface area contributed by atoms with E-state index in [-0.39, 0.29) is 33.9 Å². The van der Waals surface area contributed by atoms with Crippen LogP contribution in [-0.2, 0) is 21.7 Å². The van der Waals surface area contributed by atoms with Gasteiger partial charge >= 0.3 is 0 Å². The Morgan fingerprint density at radius 2 is 1.17 bits per heavy atom. The summed E-state index contributed by atoms with van der Waals surface area (Å²) in [5.74, 6) is 0. The molecule has 1 saturated carbocycles. The lowest BCUT2D eigenvalue weighted by Crippen LogP contribution is -2.60. The van der Waals surface area contributed by atoms with E-state index < -0.39 is 0 Å². The van der Waals surface area contributed by atoms with Gasteiger partial charge in [0.05, 0.1) is 22.1 Å². The van der Waals surface area contributed by atoms with E-state index in [1.54, 1.807) is 0 Å². The second-order valence-electron chi connectivity index (χ2n) is 24.5. The molecule has 2 unspecified atom stereocenters. The Morgan fingerprint density at radius 3 is 1.93 bits per heavy atom. The van der Waals surface area contributed by atoms with Crippen molar-refractivity contribution in [2.24, 2.45) is 0 Å². The van der Waals surface area contributed by atoms with Gasteiger partial charge in [-0.1, -0.05) is 179 Å². The molecule has 4 aliphatic rings. The Kier molecular flexibility index (Phi) is 8.70. The fraction of sp³-hybridized carbons (Fsp3) is 0.312. The molecular weight excluding hydrogens is 838 g/mol. The Morgan fingerprint density at radius 1 is 0.536 bits per heavy atom. The van der Waals surface area contributed by atoms with Crippen molar-refractivity contribution in [3.05, 3.63) is 162 Å². The number of hydrogen-bond acceptors (Lipinski definition) is 3. The maximum Gasteiger partial charge on any atom is 0.252 e. The number of fused-ring (bicyclic) bond motifs is 12. The summed E-state index contributed by atoms with van der Waals surface area (Å²) in [6.07, 6.45) is 4.74. The van der Waals surface area contributed by atoms with Gasteiger partial charge in [0.2, 0.25) is 5.71 Å². The van der Waals surface area contributed by atoms with Gasteiger partial charge in [-0.3, -0.25) is 4.57 Å². The Bertz CT molecular complexity index is 3630. The summed E-state index contributed by atoms with van der Waals surface area (Å²) in [7, 11) is 0. The number of hydrogen-bond donors (Lipinski definition) is 0. The highest BCUT2D eigenvalue weighted by molar-refractivity contribution is 7.00. The van der Waals surface area contributed by atoms with Crippen molar-refractivity contribution in [3.63, 3.8) is 0 Å². The highest BCUT2D eigenvalue weighted by atomic mass is 16.3. The van der Waals surface area contributed by atoms with Crippen molar-refractivity contribution < 1.29 is 4.42 Å². The van der Waals surface area contributed by atoms with Crippen LogP contribution in [-0.4, -0.2) is 16.8 Å². The molecule has 0 radical (unpaired) electrons. The Balaban J connectivity index is 1.20. The Hall–Kier alpha value is -6.46. The topological polar surface area (TPSA) is 24.6 Å². The average molecular weight is 902 g/mol. The predicted octanol–water partition coefficient (Wildman–Crippen LogP) is 15.4. The van der Waals surface area contributed by atoms with Crippen LogP contribution in [0.3, 0.4) is 0 Å². The average Bonchev–Trinajstić information content (AvgIpc) is 3.92. The summed E-state index contributed by atoms with van der Waals surface area (Å²) >= 11 is 0. The number of benzene rings is 7. The molecule has 3 aliphatic heterocycles. The molecule has 7 aromatic carbocycles. The molecule has 0 bridgehead atoms. The first-order valence-electron chi connectivity index (χ1n) is 25.6. The summed E-state index contributed by atoms with van der Waals surface area (Å²) in [5.41, 5.74) is 22.3. The van der Waals surface area contributed by atoms with Crippen LogP contribution in [0.4, 0.5) is 28.4 Å². The maximum absolute atomic E-state index is 7.11. The summed E-state index contributed by atoms with van der Waals surface area (Å²) in [5, 5.41) is 3.60. The van der Waals surface area contributed by atoms with Crippen LogP contribution < -0.4 is 26.2 Å². The van der Waals surface area contributed by atoms with Crippen LogP contribution >= 0.6 is 0 Å². The van der Waals surface area contributed by atoms with Gasteiger partial charge in [-0.05, 0) is 123 Å². The SMILES string of the molecule is CC(C)(C)c1ccc(N2c3cc(C(C)(C)C)ccc3B3c4c2cc(N2c5ccc(C(C)(C)C)cc5C5(C)CCCCC25C)cc4-n2c4oc5ccccc5c4c4cccc3c42)c(-c2ccccc2)c1. The van der Waals surface area contributed by atoms with E-state index in [2.05, 4.69) is 230 Å². The molecule has 0 spiro atoms. The maximum atomic E-state index is 7.11. The van der Waals surface area contributed by atoms with Crippen LogP contribution in [0.15, 0.2) is 144 Å². The number of nitrogens with zero attached hydrogens (tertiary/aromatic N) is 3. The molecule has 1 aliphatic carbocycles. The number of rotatable bonds is 3. The third kappa shape index (κ3) is 5.83. The first-order chi connectivity index (χ1) is 32.9. The summed E-state index contributed by atoms with van der Waals surface area (Å²) in [6, 6.07) is 54.1. The van der Waals surface area contributed by atoms with Crippen LogP contribution in [0.25, 0.3) is 49.8 Å². The minimum Gasteiger partial charge on any atom is -0.439 e. The van der Waals surface area contributed by atoms with Gasteiger partial charge in [0, 0.05) is 50.2 Å². The molecule has 344 valence electrons. The van der Waals surface area contributed by atoms with E-state index >= 15 is 0 Å². The van der Waals surface area contributed by atoms with Gasteiger partial charge in [0.1, 0.15) is 5.58 Å². The number of para-hydroxylation sites is 2. The molecular formula is C64H64BN3O. The molecule has 9 aromatic rings. The lowest BCUT2D eigenvalue weighted by molar-refractivity contribution is 0.195. The van der Waals surface area contributed by atoms with Gasteiger partial charge in [-0.15, -0.1) is 0 Å². The highest BCUT2D eigenvalue weighted by Crippen LogP contribution is 2.62. The van der Waals surface area contributed by atoms with Crippen molar-refractivity contribution in [3.8, 4) is 16.8 Å². The third-order valence-corrected chi connectivity index (χ3v) is 17.4. The number of furan rings is 1. The van der Waals surface area contributed by atoms with E-state index in [1.165, 1.54) is 119 Å². The van der Waals surface area contributed by atoms with E-state index in [1.807, 2.05) is 0 Å². The van der Waals surface area contributed by atoms with Crippen LogP contribution in [0.2, 0.25) is 0 Å². The van der Waals surface area contributed by atoms with Crippen molar-refractivity contribution >= 4 is 84.5 Å². The smallest absolute Gasteiger partial charge is 0.252 e. The fourth-order valence-corrected chi connectivity index (χ4v) is 13.4. The van der Waals surface area contributed by atoms with Gasteiger partial charge in [-0.2, -0.15) is 0 Å². The van der Waals surface area contributed by atoms with Gasteiger partial charge in [0.25, 0.3) is 6.71 Å². The first-order valence-corrected chi connectivity index (χ1v) is 25.6. The summed E-state index contributed by atoms with van der Waals surface area (Å²) in [6.45, 7) is 26.3. The van der Waals surface area contributed by atoms with Crippen LogP contribution in [0.5, 0.6) is 0 Å². The minimum atomic E-state index is -0.155. The normalized spacial score (nSPS) is 19.6. The second kappa shape index (κ2) is 14.1. The monoisotopic (exact) mass is 902 g/mol. The van der Waals surface area contributed by atoms with E-state index in [4.69, 9.17) is 4.42 Å². The summed E-state index contributed by atoms with van der Waals surface area (Å²) in [4.78, 5) is 5.47. The molecule has 0 amide bonds. The predicted molar refractivity (Wildman–Crippen MR) is 294 cm³/mol. The highest BCUT2D eigenvalue weighted by Gasteiger charge is 2.58.